The van der Waals surface area contributed by atoms with Crippen LogP contribution < -0.4 is 0 Å². The van der Waals surface area contributed by atoms with Gasteiger partial charge in [-0.2, -0.15) is 0 Å². The lowest BCUT2D eigenvalue weighted by atomic mass is 9.90. The summed E-state index contributed by atoms with van der Waals surface area (Å²) in [5, 5.41) is 46.2. The van der Waals surface area contributed by atoms with Gasteiger partial charge in [-0.05, 0) is 0 Å². The van der Waals surface area contributed by atoms with Crippen LogP contribution in [0.3, 0.4) is 0 Å². The van der Waals surface area contributed by atoms with Crippen molar-refractivity contribution < 1.29 is 39.8 Å². The number of rotatable bonds is 15. The third kappa shape index (κ3) is 12.1. The fourth-order valence-corrected chi connectivity index (χ4v) is 1.83. The molecule has 0 heterocycles. The number of hydrogen-bond acceptors (Lipinski definition) is 8. The van der Waals surface area contributed by atoms with Crippen LogP contribution in [0.2, 0.25) is 0 Å². The van der Waals surface area contributed by atoms with E-state index in [0.717, 1.165) is 6.08 Å². The SMILES string of the molecule is C=CC(=O)OCC(CO)(CO)COCC(CO)(CO)CO.CCCCCC. The molecule has 8 heteroatoms. The molecule has 0 rings (SSSR count). The van der Waals surface area contributed by atoms with Gasteiger partial charge in [-0.25, -0.2) is 4.79 Å². The van der Waals surface area contributed by atoms with E-state index in [1.54, 1.807) is 0 Å². The van der Waals surface area contributed by atoms with Crippen LogP contribution in [-0.4, -0.2) is 84.4 Å². The number of hydrogen-bond donors (Lipinski definition) is 5. The van der Waals surface area contributed by atoms with E-state index in [4.69, 9.17) is 24.8 Å². The summed E-state index contributed by atoms with van der Waals surface area (Å²) in [6.07, 6.45) is 6.49. The van der Waals surface area contributed by atoms with E-state index >= 15 is 0 Å². The van der Waals surface area contributed by atoms with Gasteiger partial charge in [0.25, 0.3) is 0 Å². The van der Waals surface area contributed by atoms with Crippen molar-refractivity contribution >= 4 is 5.97 Å². The van der Waals surface area contributed by atoms with E-state index in [2.05, 4.69) is 20.4 Å². The maximum absolute atomic E-state index is 11.0. The first-order valence-electron chi connectivity index (χ1n) is 9.29. The fourth-order valence-electron chi connectivity index (χ4n) is 1.83. The Balaban J connectivity index is 0. The van der Waals surface area contributed by atoms with Gasteiger partial charge in [-0.1, -0.05) is 46.1 Å². The molecule has 0 saturated carbocycles. The molecule has 0 aliphatic heterocycles. The molecule has 0 fully saturated rings. The molecule has 0 saturated heterocycles. The first kappa shape index (κ1) is 28.2. The number of ether oxygens (including phenoxy) is 2. The number of carbonyl (C=O) groups excluding carboxylic acids is 1. The minimum absolute atomic E-state index is 0.187. The van der Waals surface area contributed by atoms with E-state index in [-0.39, 0.29) is 19.8 Å². The third-order valence-corrected chi connectivity index (χ3v) is 4.14. The van der Waals surface area contributed by atoms with Crippen LogP contribution in [0.15, 0.2) is 12.7 Å². The molecule has 0 aliphatic carbocycles. The minimum atomic E-state index is -1.22. The summed E-state index contributed by atoms with van der Waals surface area (Å²) in [6, 6.07) is 0. The van der Waals surface area contributed by atoms with E-state index in [1.807, 2.05) is 0 Å². The van der Waals surface area contributed by atoms with Crippen molar-refractivity contribution in [3.8, 4) is 0 Å². The molecule has 0 bridgehead atoms. The molecule has 5 N–H and O–H groups in total. The Labute approximate surface area is 162 Å². The van der Waals surface area contributed by atoms with Gasteiger partial charge < -0.3 is 35.0 Å². The maximum Gasteiger partial charge on any atom is 0.330 e. The third-order valence-electron chi connectivity index (χ3n) is 4.14. The smallest absolute Gasteiger partial charge is 0.330 e. The molecular formula is C19H38O8. The second-order valence-corrected chi connectivity index (χ2v) is 6.80. The Hall–Kier alpha value is -1.03. The minimum Gasteiger partial charge on any atom is -0.462 e. The van der Waals surface area contributed by atoms with Gasteiger partial charge in [0, 0.05) is 6.08 Å². The summed E-state index contributed by atoms with van der Waals surface area (Å²) in [5.74, 6) is -0.698. The van der Waals surface area contributed by atoms with Crippen molar-refractivity contribution in [2.75, 3.05) is 52.9 Å². The van der Waals surface area contributed by atoms with Gasteiger partial charge in [0.1, 0.15) is 6.61 Å². The lowest BCUT2D eigenvalue weighted by Crippen LogP contribution is -2.44. The molecule has 0 aromatic carbocycles. The van der Waals surface area contributed by atoms with Crippen LogP contribution in [0, 0.1) is 10.8 Å². The first-order chi connectivity index (χ1) is 12.9. The summed E-state index contributed by atoms with van der Waals surface area (Å²) in [6.45, 7) is 4.56. The quantitative estimate of drug-likeness (QED) is 0.151. The molecule has 27 heavy (non-hydrogen) atoms. The highest BCUT2D eigenvalue weighted by Crippen LogP contribution is 2.21. The summed E-state index contributed by atoms with van der Waals surface area (Å²) in [7, 11) is 0. The predicted octanol–water partition coefficient (Wildman–Crippen LogP) is 0.253. The van der Waals surface area contributed by atoms with Gasteiger partial charge >= 0.3 is 5.97 Å². The van der Waals surface area contributed by atoms with Crippen molar-refractivity contribution in [3.05, 3.63) is 12.7 Å². The van der Waals surface area contributed by atoms with Gasteiger partial charge in [-0.15, -0.1) is 0 Å². The van der Waals surface area contributed by atoms with Crippen LogP contribution in [-0.2, 0) is 14.3 Å². The Morgan fingerprint density at radius 2 is 1.22 bits per heavy atom. The normalized spacial score (nSPS) is 11.5. The van der Waals surface area contributed by atoms with Crippen LogP contribution in [0.5, 0.6) is 0 Å². The highest BCUT2D eigenvalue weighted by molar-refractivity contribution is 5.81. The zero-order chi connectivity index (χ0) is 21.2. The zero-order valence-corrected chi connectivity index (χ0v) is 16.7. The van der Waals surface area contributed by atoms with Gasteiger partial charge in [0.05, 0.1) is 57.1 Å². The van der Waals surface area contributed by atoms with Crippen LogP contribution in [0.25, 0.3) is 0 Å². The second-order valence-electron chi connectivity index (χ2n) is 6.80. The van der Waals surface area contributed by atoms with Gasteiger partial charge in [0.2, 0.25) is 0 Å². The molecular weight excluding hydrogens is 356 g/mol. The number of esters is 1. The monoisotopic (exact) mass is 394 g/mol. The summed E-state index contributed by atoms with van der Waals surface area (Å²) < 4.78 is 10.1. The van der Waals surface area contributed by atoms with Crippen molar-refractivity contribution in [1.82, 2.24) is 0 Å². The Morgan fingerprint density at radius 3 is 1.56 bits per heavy atom. The Kier molecular flexibility index (Phi) is 17.8. The topological polar surface area (TPSA) is 137 Å². The maximum atomic E-state index is 11.0. The largest absolute Gasteiger partial charge is 0.462 e. The van der Waals surface area contributed by atoms with E-state index in [0.29, 0.717) is 0 Å². The molecule has 0 atom stereocenters. The van der Waals surface area contributed by atoms with E-state index in [1.165, 1.54) is 25.7 Å². The highest BCUT2D eigenvalue weighted by Gasteiger charge is 2.34. The highest BCUT2D eigenvalue weighted by atomic mass is 16.5. The molecule has 0 aromatic rings. The van der Waals surface area contributed by atoms with Crippen molar-refractivity contribution in [2.45, 2.75) is 39.5 Å². The standard InChI is InChI=1S/C13H24O8.C6H14/c1-2-11(19)21-10-13(6-17,7-18)9-20-8-12(3-14,4-15)5-16;1-3-5-6-4-2/h2,14-18H,1,3-10H2;3-6H2,1-2H3. The van der Waals surface area contributed by atoms with Crippen LogP contribution in [0.1, 0.15) is 39.5 Å². The van der Waals surface area contributed by atoms with Crippen LogP contribution >= 0.6 is 0 Å². The molecule has 0 unspecified atom stereocenters. The molecule has 162 valence electrons. The number of unbranched alkanes of at least 4 members (excludes halogenated alkanes) is 3. The number of carbonyl (C=O) groups is 1. The number of aliphatic hydroxyl groups excluding tert-OH is 5. The average Bonchev–Trinajstić information content (AvgIpc) is 2.72. The summed E-state index contributed by atoms with van der Waals surface area (Å²) >= 11 is 0. The van der Waals surface area contributed by atoms with Gasteiger partial charge in [-0.3, -0.25) is 0 Å². The molecule has 0 radical (unpaired) electrons. The van der Waals surface area contributed by atoms with E-state index in [9.17, 15) is 15.0 Å². The molecule has 8 nitrogen and oxygen atoms in total. The second kappa shape index (κ2) is 17.1. The Morgan fingerprint density at radius 1 is 0.815 bits per heavy atom. The summed E-state index contributed by atoms with van der Waals surface area (Å²) in [4.78, 5) is 11.0. The predicted molar refractivity (Wildman–Crippen MR) is 102 cm³/mol. The van der Waals surface area contributed by atoms with Crippen molar-refractivity contribution in [1.29, 1.82) is 0 Å². The average molecular weight is 395 g/mol. The van der Waals surface area contributed by atoms with Crippen LogP contribution in [0.4, 0.5) is 0 Å². The summed E-state index contributed by atoms with van der Waals surface area (Å²) in [5.41, 5.74) is -2.43. The number of aliphatic hydroxyl groups is 5. The Bertz CT molecular complexity index is 352. The lowest BCUT2D eigenvalue weighted by molar-refractivity contribution is -0.149. The first-order valence-corrected chi connectivity index (χ1v) is 9.29. The van der Waals surface area contributed by atoms with Crippen molar-refractivity contribution in [3.63, 3.8) is 0 Å². The molecule has 0 aromatic heterocycles. The molecule has 0 aliphatic rings. The molecule has 0 amide bonds. The van der Waals surface area contributed by atoms with E-state index < -0.39 is 49.8 Å². The zero-order valence-electron chi connectivity index (χ0n) is 16.7. The molecule has 0 spiro atoms. The fraction of sp³-hybridized carbons (Fsp3) is 0.842. The lowest BCUT2D eigenvalue weighted by Gasteiger charge is -2.32. The van der Waals surface area contributed by atoms with Gasteiger partial charge in [0.15, 0.2) is 0 Å². The van der Waals surface area contributed by atoms with Crippen molar-refractivity contribution in [2.24, 2.45) is 10.8 Å².